The summed E-state index contributed by atoms with van der Waals surface area (Å²) in [5, 5.41) is 0. The summed E-state index contributed by atoms with van der Waals surface area (Å²) in [6.45, 7) is 5.93. The molecule has 0 fully saturated rings. The molecule has 0 heterocycles. The Balaban J connectivity index is 3.96. The van der Waals surface area contributed by atoms with Gasteiger partial charge >= 0.3 is 8.80 Å². The summed E-state index contributed by atoms with van der Waals surface area (Å²) >= 11 is 0. The van der Waals surface area contributed by atoms with Gasteiger partial charge in [0.1, 0.15) is 0 Å². The first kappa shape index (κ1) is 11.7. The molecule has 64 valence electrons. The molecule has 0 rings (SSSR count). The highest BCUT2D eigenvalue weighted by Crippen LogP contribution is 2.11. The van der Waals surface area contributed by atoms with E-state index in [1.54, 1.807) is 0 Å². The predicted molar refractivity (Wildman–Crippen MR) is 48.5 cm³/mol. The summed E-state index contributed by atoms with van der Waals surface area (Å²) in [5.74, 6) is 0. The van der Waals surface area contributed by atoms with Crippen LogP contribution in [0.25, 0.3) is 0 Å². The highest BCUT2D eigenvalue weighted by Gasteiger charge is 2.20. The average Bonchev–Trinajstić information content (AvgIpc) is 2.04. The van der Waals surface area contributed by atoms with Crippen LogP contribution in [-0.4, -0.2) is 38.8 Å². The van der Waals surface area contributed by atoms with Gasteiger partial charge in [-0.2, -0.15) is 13.1 Å². The third kappa shape index (κ3) is 3.78. The maximum absolute atomic E-state index is 5.45. The summed E-state index contributed by atoms with van der Waals surface area (Å²) in [4.78, 5) is 0. The highest BCUT2D eigenvalue weighted by atomic mass is 28.5. The average molecular weight is 219 g/mol. The Morgan fingerprint density at radius 3 is 1.91 bits per heavy atom. The van der Waals surface area contributed by atoms with E-state index >= 15 is 0 Å². The summed E-state index contributed by atoms with van der Waals surface area (Å²) in [5.41, 5.74) is 0. The van der Waals surface area contributed by atoms with E-state index in [0.29, 0.717) is 19.5 Å². The molecule has 0 aromatic carbocycles. The van der Waals surface area contributed by atoms with Crippen LogP contribution >= 0.6 is 0 Å². The van der Waals surface area contributed by atoms with Gasteiger partial charge in [-0.1, -0.05) is 6.92 Å². The van der Waals surface area contributed by atoms with Gasteiger partial charge in [-0.25, -0.2) is 0 Å². The zero-order valence-electron chi connectivity index (χ0n) is 6.93. The molecule has 0 bridgehead atoms. The molecule has 0 spiro atoms. The molecule has 0 aromatic rings. The van der Waals surface area contributed by atoms with E-state index in [9.17, 15) is 0 Å². The van der Waals surface area contributed by atoms with E-state index < -0.39 is 8.80 Å². The van der Waals surface area contributed by atoms with Crippen LogP contribution in [0.15, 0.2) is 0 Å². The molecule has 0 aliphatic carbocycles. The minimum Gasteiger partial charge on any atom is -0.660 e. The fourth-order valence-corrected chi connectivity index (χ4v) is 6.44. The van der Waals surface area contributed by atoms with E-state index in [4.69, 9.17) is 12.3 Å². The van der Waals surface area contributed by atoms with Crippen molar-refractivity contribution in [3.8, 4) is 0 Å². The van der Waals surface area contributed by atoms with Crippen molar-refractivity contribution in [2.45, 2.75) is 26.1 Å². The van der Waals surface area contributed by atoms with Crippen molar-refractivity contribution in [2.24, 2.45) is 0 Å². The third-order valence-corrected chi connectivity index (χ3v) is 7.33. The minimum absolute atomic E-state index is 0.418. The first-order valence-electron chi connectivity index (χ1n) is 3.29. The summed E-state index contributed by atoms with van der Waals surface area (Å²) in [6.07, 6.45) is 0. The smallest absolute Gasteiger partial charge is 0.364 e. The first-order chi connectivity index (χ1) is 5.24. The quantitative estimate of drug-likeness (QED) is 0.606. The van der Waals surface area contributed by atoms with Gasteiger partial charge in [-0.15, -0.1) is 0 Å². The van der Waals surface area contributed by atoms with Crippen LogP contribution in [-0.2, 0) is 12.3 Å². The Labute approximate surface area is 77.6 Å². The number of hydrogen-bond acceptors (Lipinski definition) is 3. The highest BCUT2D eigenvalue weighted by molar-refractivity contribution is 6.71. The molecule has 0 unspecified atom stereocenters. The van der Waals surface area contributed by atoms with Crippen LogP contribution in [0.5, 0.6) is 0 Å². The Bertz CT molecular complexity index is 89.3. The van der Waals surface area contributed by atoms with Crippen molar-refractivity contribution in [1.29, 1.82) is 0 Å². The molecule has 0 aliphatic heterocycles. The van der Waals surface area contributed by atoms with Crippen molar-refractivity contribution < 1.29 is 12.3 Å². The van der Waals surface area contributed by atoms with E-state index in [1.807, 2.05) is 20.0 Å². The van der Waals surface area contributed by atoms with Crippen LogP contribution in [0.2, 0.25) is 19.1 Å². The Hall–Kier alpha value is 0.748. The van der Waals surface area contributed by atoms with E-state index in [2.05, 4.69) is 10.5 Å². The van der Waals surface area contributed by atoms with Gasteiger partial charge in [0.05, 0.1) is 0 Å². The second-order valence-corrected chi connectivity index (χ2v) is 7.09. The van der Waals surface area contributed by atoms with Gasteiger partial charge < -0.3 is 22.8 Å². The molecule has 3 nitrogen and oxygen atoms in total. The molecule has 0 saturated carbocycles. The van der Waals surface area contributed by atoms with Gasteiger partial charge in [0, 0.05) is 6.04 Å². The molecule has 11 heavy (non-hydrogen) atoms. The Morgan fingerprint density at radius 1 is 1.27 bits per heavy atom. The lowest BCUT2D eigenvalue weighted by Gasteiger charge is -2.46. The topological polar surface area (TPSA) is 27.7 Å². The third-order valence-electron chi connectivity index (χ3n) is 1.10. The maximum Gasteiger partial charge on any atom is 0.364 e. The Morgan fingerprint density at radius 2 is 1.73 bits per heavy atom. The molecule has 0 aromatic heterocycles. The van der Waals surface area contributed by atoms with E-state index in [0.717, 1.165) is 6.04 Å². The fourth-order valence-electron chi connectivity index (χ4n) is 0.590. The zero-order chi connectivity index (χ0) is 8.74. The lowest BCUT2D eigenvalue weighted by atomic mass is 11.0. The monoisotopic (exact) mass is 219 g/mol. The Kier molecular flexibility index (Phi) is 6.71. The van der Waals surface area contributed by atoms with Crippen molar-refractivity contribution in [3.05, 3.63) is 0 Å². The van der Waals surface area contributed by atoms with Crippen LogP contribution in [0.1, 0.15) is 6.92 Å². The molecule has 7 heteroatoms. The summed E-state index contributed by atoms with van der Waals surface area (Å²) in [7, 11) is 1.53. The molecule has 0 aliphatic rings. The summed E-state index contributed by atoms with van der Waals surface area (Å²) in [6, 6.07) is 0.804. The van der Waals surface area contributed by atoms with Gasteiger partial charge in [0.15, 0.2) is 0 Å². The first-order valence-corrected chi connectivity index (χ1v) is 8.44. The molecule has 0 atom stereocenters. The predicted octanol–water partition coefficient (Wildman–Crippen LogP) is 0.413. The second-order valence-electron chi connectivity index (χ2n) is 1.75. The van der Waals surface area contributed by atoms with Crippen LogP contribution < -0.4 is 0 Å². The van der Waals surface area contributed by atoms with Crippen molar-refractivity contribution in [3.63, 3.8) is 0 Å². The van der Waals surface area contributed by atoms with Gasteiger partial charge in [-0.05, 0) is 0 Å². The van der Waals surface area contributed by atoms with Crippen molar-refractivity contribution in [1.82, 2.24) is 0 Å². The second kappa shape index (κ2) is 6.28. The largest absolute Gasteiger partial charge is 0.660 e. The van der Waals surface area contributed by atoms with Crippen molar-refractivity contribution in [2.75, 3.05) is 0 Å². The van der Waals surface area contributed by atoms with Crippen LogP contribution in [0, 0.1) is 0 Å². The van der Waals surface area contributed by atoms with Gasteiger partial charge in [-0.3, -0.25) is 19.5 Å². The van der Waals surface area contributed by atoms with E-state index in [1.165, 1.54) is 0 Å². The van der Waals surface area contributed by atoms with Crippen LogP contribution in [0.4, 0.5) is 0 Å². The maximum atomic E-state index is 5.45. The molecular weight excluding hydrogens is 208 g/mol. The van der Waals surface area contributed by atoms with Crippen LogP contribution in [0.3, 0.4) is 0 Å². The standard InChI is InChI=1S/C4H11O3Si4/c1-4-11(5-8,6-9-2)7-10-3/h4H2,1-3H3/q-3. The summed E-state index contributed by atoms with van der Waals surface area (Å²) < 4.78 is 16.0. The fraction of sp³-hybridized carbons (Fsp3) is 1.00. The molecular formula is C4H11O3Si4-3. The van der Waals surface area contributed by atoms with Crippen molar-refractivity contribution >= 4 is 38.8 Å². The van der Waals surface area contributed by atoms with Gasteiger partial charge in [0.25, 0.3) is 0 Å². The molecule has 0 amide bonds. The SMILES string of the molecule is CC[Si](O[Si-])(O[Si-]C)O[Si-]C. The molecule has 0 N–H and O–H groups in total. The molecule has 0 saturated heterocycles. The normalized spacial score (nSPS) is 12.0. The minimum atomic E-state index is -2.31. The van der Waals surface area contributed by atoms with E-state index in [-0.39, 0.29) is 0 Å². The lowest BCUT2D eigenvalue weighted by Crippen LogP contribution is -2.45. The molecule has 4 radical (unpaired) electrons. The zero-order valence-corrected chi connectivity index (χ0v) is 10.9. The van der Waals surface area contributed by atoms with Gasteiger partial charge in [0.2, 0.25) is 0 Å². The number of hydrogen-bond donors (Lipinski definition) is 0. The lowest BCUT2D eigenvalue weighted by molar-refractivity contribution is 0.288. The number of rotatable bonds is 6.